The average Bonchev–Trinajstić information content (AvgIpc) is 2.72. The molecule has 0 saturated carbocycles. The summed E-state index contributed by atoms with van der Waals surface area (Å²) >= 11 is 0. The molecule has 3 heteroatoms. The molecule has 0 aliphatic carbocycles. The number of rotatable bonds is 7. The maximum Gasteiger partial charge on any atom is 0.0700 e. The van der Waals surface area contributed by atoms with Crippen LogP contribution in [0.1, 0.15) is 33.6 Å². The van der Waals surface area contributed by atoms with E-state index >= 15 is 0 Å². The predicted molar refractivity (Wildman–Crippen MR) is 64.2 cm³/mol. The molecule has 1 rings (SSSR count). The third-order valence-electron chi connectivity index (χ3n) is 3.27. The summed E-state index contributed by atoms with van der Waals surface area (Å²) in [5, 5.41) is 3.51. The van der Waals surface area contributed by atoms with Gasteiger partial charge in [-0.2, -0.15) is 0 Å². The lowest BCUT2D eigenvalue weighted by molar-refractivity contribution is 0.107. The molecule has 3 nitrogen and oxygen atoms in total. The number of ether oxygens (including phenoxy) is 1. The fourth-order valence-corrected chi connectivity index (χ4v) is 2.23. The molecule has 1 heterocycles. The molecule has 1 fully saturated rings. The monoisotopic (exact) mass is 214 g/mol. The Morgan fingerprint density at radius 1 is 1.40 bits per heavy atom. The van der Waals surface area contributed by atoms with Crippen molar-refractivity contribution in [3.05, 3.63) is 0 Å². The van der Waals surface area contributed by atoms with Crippen molar-refractivity contribution in [2.45, 2.75) is 45.8 Å². The van der Waals surface area contributed by atoms with Gasteiger partial charge in [-0.05, 0) is 32.9 Å². The van der Waals surface area contributed by atoms with E-state index in [4.69, 9.17) is 4.74 Å². The van der Waals surface area contributed by atoms with Crippen molar-refractivity contribution in [2.24, 2.45) is 0 Å². The van der Waals surface area contributed by atoms with Crippen LogP contribution in [0.5, 0.6) is 0 Å². The third-order valence-corrected chi connectivity index (χ3v) is 3.27. The summed E-state index contributed by atoms with van der Waals surface area (Å²) in [6, 6.07) is 0.626. The lowest BCUT2D eigenvalue weighted by atomic mass is 10.2. The van der Waals surface area contributed by atoms with Gasteiger partial charge in [0.25, 0.3) is 0 Å². The van der Waals surface area contributed by atoms with Gasteiger partial charge in [0.15, 0.2) is 0 Å². The van der Waals surface area contributed by atoms with Gasteiger partial charge in [0.1, 0.15) is 0 Å². The quantitative estimate of drug-likeness (QED) is 0.695. The zero-order chi connectivity index (χ0) is 11.1. The highest BCUT2D eigenvalue weighted by atomic mass is 16.5. The Bertz CT molecular complexity index is 154. The van der Waals surface area contributed by atoms with E-state index in [0.29, 0.717) is 12.1 Å². The first-order chi connectivity index (χ1) is 7.27. The largest absolute Gasteiger partial charge is 0.377 e. The van der Waals surface area contributed by atoms with Crippen LogP contribution in [-0.2, 0) is 4.74 Å². The average molecular weight is 214 g/mol. The van der Waals surface area contributed by atoms with E-state index in [1.165, 1.54) is 12.8 Å². The second kappa shape index (κ2) is 7.20. The van der Waals surface area contributed by atoms with E-state index in [2.05, 4.69) is 31.0 Å². The molecule has 1 saturated heterocycles. The van der Waals surface area contributed by atoms with Crippen molar-refractivity contribution >= 4 is 0 Å². The van der Waals surface area contributed by atoms with Crippen LogP contribution in [-0.4, -0.2) is 49.8 Å². The maximum absolute atomic E-state index is 5.57. The van der Waals surface area contributed by atoms with Crippen molar-refractivity contribution in [3.63, 3.8) is 0 Å². The van der Waals surface area contributed by atoms with E-state index < -0.39 is 0 Å². The van der Waals surface area contributed by atoms with Gasteiger partial charge in [0.2, 0.25) is 0 Å². The fraction of sp³-hybridized carbons (Fsp3) is 1.00. The standard InChI is InChI=1S/C12H26N2O/c1-4-14(5-2)11(3)9-13-10-12-7-6-8-15-12/h11-13H,4-10H2,1-3H3. The van der Waals surface area contributed by atoms with Crippen molar-refractivity contribution in [1.29, 1.82) is 0 Å². The molecule has 0 bridgehead atoms. The molecular formula is C12H26N2O. The van der Waals surface area contributed by atoms with Crippen molar-refractivity contribution < 1.29 is 4.74 Å². The minimum Gasteiger partial charge on any atom is -0.377 e. The molecule has 15 heavy (non-hydrogen) atoms. The lowest BCUT2D eigenvalue weighted by Gasteiger charge is -2.27. The molecule has 1 N–H and O–H groups in total. The molecule has 2 unspecified atom stereocenters. The fourth-order valence-electron chi connectivity index (χ4n) is 2.23. The van der Waals surface area contributed by atoms with Crippen LogP contribution < -0.4 is 5.32 Å². The zero-order valence-corrected chi connectivity index (χ0v) is 10.5. The smallest absolute Gasteiger partial charge is 0.0700 e. The van der Waals surface area contributed by atoms with Gasteiger partial charge in [0.05, 0.1) is 6.10 Å². The predicted octanol–water partition coefficient (Wildman–Crippen LogP) is 1.49. The Hall–Kier alpha value is -0.120. The lowest BCUT2D eigenvalue weighted by Crippen LogP contribution is -2.41. The summed E-state index contributed by atoms with van der Waals surface area (Å²) in [6.07, 6.45) is 2.93. The molecule has 0 aromatic carbocycles. The van der Waals surface area contributed by atoms with E-state index in [0.717, 1.165) is 32.8 Å². The van der Waals surface area contributed by atoms with Crippen LogP contribution in [0, 0.1) is 0 Å². The Balaban J connectivity index is 2.07. The summed E-state index contributed by atoms with van der Waals surface area (Å²) < 4.78 is 5.57. The molecule has 0 amide bonds. The van der Waals surface area contributed by atoms with E-state index in [9.17, 15) is 0 Å². The Kier molecular flexibility index (Phi) is 6.22. The van der Waals surface area contributed by atoms with Crippen LogP contribution in [0.4, 0.5) is 0 Å². The van der Waals surface area contributed by atoms with Crippen molar-refractivity contribution in [1.82, 2.24) is 10.2 Å². The summed E-state index contributed by atoms with van der Waals surface area (Å²) in [5.41, 5.74) is 0. The summed E-state index contributed by atoms with van der Waals surface area (Å²) in [7, 11) is 0. The van der Waals surface area contributed by atoms with Crippen LogP contribution >= 0.6 is 0 Å². The Morgan fingerprint density at radius 3 is 2.67 bits per heavy atom. The summed E-state index contributed by atoms with van der Waals surface area (Å²) in [6.45, 7) is 12.1. The van der Waals surface area contributed by atoms with Crippen LogP contribution in [0.25, 0.3) is 0 Å². The first kappa shape index (κ1) is 12.9. The highest BCUT2D eigenvalue weighted by Gasteiger charge is 2.15. The normalized spacial score (nSPS) is 23.6. The molecular weight excluding hydrogens is 188 g/mol. The molecule has 0 spiro atoms. The number of likely N-dealkylation sites (N-methyl/N-ethyl adjacent to an activating group) is 1. The second-order valence-corrected chi connectivity index (χ2v) is 4.36. The van der Waals surface area contributed by atoms with Gasteiger partial charge in [-0.25, -0.2) is 0 Å². The first-order valence-corrected chi connectivity index (χ1v) is 6.34. The minimum atomic E-state index is 0.467. The number of hydrogen-bond acceptors (Lipinski definition) is 3. The van der Waals surface area contributed by atoms with Crippen LogP contribution in [0.2, 0.25) is 0 Å². The molecule has 1 aliphatic rings. The molecule has 0 aromatic heterocycles. The minimum absolute atomic E-state index is 0.467. The van der Waals surface area contributed by atoms with Gasteiger partial charge < -0.3 is 10.1 Å². The number of hydrogen-bond donors (Lipinski definition) is 1. The van der Waals surface area contributed by atoms with E-state index in [1.54, 1.807) is 0 Å². The molecule has 0 aromatic rings. The third kappa shape index (κ3) is 4.49. The SMILES string of the molecule is CCN(CC)C(C)CNCC1CCCO1. The van der Waals surface area contributed by atoms with Crippen LogP contribution in [0.15, 0.2) is 0 Å². The van der Waals surface area contributed by atoms with Gasteiger partial charge >= 0.3 is 0 Å². The Morgan fingerprint density at radius 2 is 2.13 bits per heavy atom. The van der Waals surface area contributed by atoms with Crippen molar-refractivity contribution in [2.75, 3.05) is 32.8 Å². The van der Waals surface area contributed by atoms with Gasteiger partial charge in [-0.1, -0.05) is 13.8 Å². The molecule has 90 valence electrons. The number of nitrogens with one attached hydrogen (secondary N) is 1. The summed E-state index contributed by atoms with van der Waals surface area (Å²) in [5.74, 6) is 0. The highest BCUT2D eigenvalue weighted by Crippen LogP contribution is 2.10. The highest BCUT2D eigenvalue weighted by molar-refractivity contribution is 4.71. The van der Waals surface area contributed by atoms with Crippen molar-refractivity contribution in [3.8, 4) is 0 Å². The zero-order valence-electron chi connectivity index (χ0n) is 10.5. The van der Waals surface area contributed by atoms with Gasteiger partial charge in [-0.3, -0.25) is 4.90 Å². The first-order valence-electron chi connectivity index (χ1n) is 6.34. The van der Waals surface area contributed by atoms with Gasteiger partial charge in [0, 0.05) is 25.7 Å². The topological polar surface area (TPSA) is 24.5 Å². The molecule has 0 radical (unpaired) electrons. The van der Waals surface area contributed by atoms with Gasteiger partial charge in [-0.15, -0.1) is 0 Å². The second-order valence-electron chi connectivity index (χ2n) is 4.36. The number of nitrogens with zero attached hydrogens (tertiary/aromatic N) is 1. The van der Waals surface area contributed by atoms with Crippen LogP contribution in [0.3, 0.4) is 0 Å². The summed E-state index contributed by atoms with van der Waals surface area (Å²) in [4.78, 5) is 2.47. The maximum atomic E-state index is 5.57. The molecule has 1 aliphatic heterocycles. The molecule has 2 atom stereocenters. The Labute approximate surface area is 94.2 Å². The van der Waals surface area contributed by atoms with E-state index in [1.807, 2.05) is 0 Å². The van der Waals surface area contributed by atoms with E-state index in [-0.39, 0.29) is 0 Å².